The number of halogens is 1. The molecule has 2 aromatic heterocycles. The topological polar surface area (TPSA) is 110 Å². The molecule has 7 nitrogen and oxygen atoms in total. The highest BCUT2D eigenvalue weighted by molar-refractivity contribution is 7.20. The average Bonchev–Trinajstić information content (AvgIpc) is 3.55. The van der Waals surface area contributed by atoms with Gasteiger partial charge in [-0.15, -0.1) is 11.3 Å². The summed E-state index contributed by atoms with van der Waals surface area (Å²) in [7, 11) is 1.35. The number of esters is 1. The second kappa shape index (κ2) is 9.28. The summed E-state index contributed by atoms with van der Waals surface area (Å²) in [4.78, 5) is 24.3. The van der Waals surface area contributed by atoms with E-state index >= 15 is 0 Å². The Balaban J connectivity index is 1.64. The number of rotatable bonds is 6. The zero-order chi connectivity index (χ0) is 24.7. The highest BCUT2D eigenvalue weighted by Crippen LogP contribution is 2.40. The summed E-state index contributed by atoms with van der Waals surface area (Å²) in [5, 5.41) is 0.543. The molecule has 0 saturated heterocycles. The van der Waals surface area contributed by atoms with Crippen LogP contribution in [0.25, 0.3) is 27.2 Å². The number of primary amides is 1. The third kappa shape index (κ3) is 4.35. The van der Waals surface area contributed by atoms with Crippen LogP contribution in [0.5, 0.6) is 5.75 Å². The molecule has 0 bridgehead atoms. The Kier molecular flexibility index (Phi) is 6.17. The van der Waals surface area contributed by atoms with Crippen LogP contribution >= 0.6 is 22.9 Å². The highest BCUT2D eigenvalue weighted by Gasteiger charge is 2.22. The van der Waals surface area contributed by atoms with Gasteiger partial charge in [0, 0.05) is 16.9 Å². The number of nitrogens with zero attached hydrogens (tertiary/aromatic N) is 1. The van der Waals surface area contributed by atoms with E-state index in [2.05, 4.69) is 0 Å². The molecular weight excluding hydrogens is 486 g/mol. The lowest BCUT2D eigenvalue weighted by atomic mass is 10.1. The van der Waals surface area contributed by atoms with Gasteiger partial charge in [0.2, 0.25) is 0 Å². The van der Waals surface area contributed by atoms with Gasteiger partial charge in [-0.1, -0.05) is 11.6 Å². The zero-order valence-corrected chi connectivity index (χ0v) is 20.6. The van der Waals surface area contributed by atoms with Gasteiger partial charge in [-0.05, 0) is 74.2 Å². The summed E-state index contributed by atoms with van der Waals surface area (Å²) in [5.74, 6) is -0.265. The van der Waals surface area contributed by atoms with Crippen LogP contribution < -0.4 is 16.2 Å². The molecule has 4 N–H and O–H groups in total. The molecule has 0 radical (unpaired) electrons. The number of carbonyl (C=O) groups excluding carboxylic acids is 2. The van der Waals surface area contributed by atoms with E-state index in [0.29, 0.717) is 15.6 Å². The number of carbonyl (C=O) groups is 2. The molecule has 9 heteroatoms. The Hall–Kier alpha value is -3.49. The number of hydrogen-bond donors (Lipinski definition) is 2. The molecule has 180 valence electrons. The lowest BCUT2D eigenvalue weighted by Crippen LogP contribution is -2.13. The number of thiophene rings is 1. The van der Waals surface area contributed by atoms with E-state index in [9.17, 15) is 9.59 Å². The first kappa shape index (κ1) is 23.3. The smallest absolute Gasteiger partial charge is 0.348 e. The Morgan fingerprint density at radius 1 is 1.09 bits per heavy atom. The fourth-order valence-corrected chi connectivity index (χ4v) is 5.83. The van der Waals surface area contributed by atoms with Crippen molar-refractivity contribution in [2.45, 2.75) is 31.8 Å². The Morgan fingerprint density at radius 2 is 1.86 bits per heavy atom. The molecule has 5 rings (SSSR count). The normalized spacial score (nSPS) is 13.9. The first-order valence-electron chi connectivity index (χ1n) is 11.3. The van der Waals surface area contributed by atoms with Crippen molar-refractivity contribution in [3.8, 4) is 22.7 Å². The average molecular weight is 510 g/mol. The van der Waals surface area contributed by atoms with Crippen LogP contribution in [0.3, 0.4) is 0 Å². The van der Waals surface area contributed by atoms with E-state index < -0.39 is 11.9 Å². The van der Waals surface area contributed by atoms with Crippen LogP contribution in [0, 0.1) is 0 Å². The quantitative estimate of drug-likeness (QED) is 0.252. The molecule has 0 aliphatic heterocycles. The number of fused-ring (bicyclic) bond motifs is 1. The molecular formula is C26H24ClN3O4S. The first-order valence-corrected chi connectivity index (χ1v) is 12.4. The van der Waals surface area contributed by atoms with Crippen LogP contribution in [0.1, 0.15) is 45.7 Å². The molecule has 1 aliphatic carbocycles. The van der Waals surface area contributed by atoms with Gasteiger partial charge in [0.05, 0.1) is 39.7 Å². The number of amides is 1. The molecule has 1 amide bonds. The van der Waals surface area contributed by atoms with Gasteiger partial charge in [-0.25, -0.2) is 4.79 Å². The summed E-state index contributed by atoms with van der Waals surface area (Å²) in [6, 6.07) is 14.5. The molecule has 2 aromatic carbocycles. The number of aromatic nitrogens is 1. The van der Waals surface area contributed by atoms with Crippen molar-refractivity contribution in [1.29, 1.82) is 0 Å². The lowest BCUT2D eigenvalue weighted by Gasteiger charge is -2.16. The van der Waals surface area contributed by atoms with Crippen LogP contribution in [0.15, 0.2) is 48.5 Å². The standard InChI is InChI=1S/C26H24ClN3O4S/c1-33-26(32)24-13-22-23(35-24)12-21(30(22)14-6-8-18(25(29)31)20(28)10-14)17-9-7-16(11-19(17)27)34-15-4-2-3-5-15/h6-13,15H,2-5,28H2,1H3,(H2,29,31). The predicted molar refractivity (Wildman–Crippen MR) is 139 cm³/mol. The van der Waals surface area contributed by atoms with Gasteiger partial charge in [-0.3, -0.25) is 4.79 Å². The van der Waals surface area contributed by atoms with Gasteiger partial charge in [0.25, 0.3) is 5.91 Å². The van der Waals surface area contributed by atoms with Crippen molar-refractivity contribution < 1.29 is 19.1 Å². The van der Waals surface area contributed by atoms with Crippen molar-refractivity contribution in [3.63, 3.8) is 0 Å². The second-order valence-electron chi connectivity index (χ2n) is 8.52. The number of hydrogen-bond acceptors (Lipinski definition) is 6. The van der Waals surface area contributed by atoms with E-state index in [0.717, 1.165) is 40.1 Å². The van der Waals surface area contributed by atoms with Gasteiger partial charge in [0.1, 0.15) is 10.6 Å². The number of nitrogens with two attached hydrogens (primary N) is 2. The second-order valence-corrected chi connectivity index (χ2v) is 10.0. The molecule has 1 aliphatic rings. The maximum Gasteiger partial charge on any atom is 0.348 e. The highest BCUT2D eigenvalue weighted by atomic mass is 35.5. The summed E-state index contributed by atoms with van der Waals surface area (Å²) < 4.78 is 13.8. The van der Waals surface area contributed by atoms with E-state index in [1.165, 1.54) is 31.3 Å². The molecule has 4 aromatic rings. The van der Waals surface area contributed by atoms with E-state index in [1.807, 2.05) is 28.8 Å². The number of ether oxygens (including phenoxy) is 2. The number of anilines is 1. The molecule has 2 heterocycles. The maximum atomic E-state index is 12.2. The first-order chi connectivity index (χ1) is 16.9. The summed E-state index contributed by atoms with van der Waals surface area (Å²) in [5.41, 5.74) is 15.2. The van der Waals surface area contributed by atoms with Crippen LogP contribution in [-0.2, 0) is 4.74 Å². The molecule has 0 spiro atoms. The predicted octanol–water partition coefficient (Wildman–Crippen LogP) is 5.80. The van der Waals surface area contributed by atoms with Crippen LogP contribution in [0.2, 0.25) is 5.02 Å². The van der Waals surface area contributed by atoms with Gasteiger partial charge in [-0.2, -0.15) is 0 Å². The van der Waals surface area contributed by atoms with Crippen LogP contribution in [0.4, 0.5) is 5.69 Å². The Labute approximate surface area is 211 Å². The fraction of sp³-hybridized carbons (Fsp3) is 0.231. The van der Waals surface area contributed by atoms with Gasteiger partial charge >= 0.3 is 5.97 Å². The molecule has 0 atom stereocenters. The number of methoxy groups -OCH3 is 1. The van der Waals surface area contributed by atoms with Gasteiger partial charge in [0.15, 0.2) is 0 Å². The van der Waals surface area contributed by atoms with E-state index in [1.54, 1.807) is 24.3 Å². The summed E-state index contributed by atoms with van der Waals surface area (Å²) >= 11 is 8.08. The van der Waals surface area contributed by atoms with Crippen molar-refractivity contribution in [1.82, 2.24) is 4.57 Å². The third-order valence-corrected chi connectivity index (χ3v) is 7.62. The van der Waals surface area contributed by atoms with Crippen molar-refractivity contribution in [2.24, 2.45) is 5.73 Å². The molecule has 0 unspecified atom stereocenters. The minimum Gasteiger partial charge on any atom is -0.490 e. The van der Waals surface area contributed by atoms with Crippen LogP contribution in [-0.4, -0.2) is 29.7 Å². The largest absolute Gasteiger partial charge is 0.490 e. The monoisotopic (exact) mass is 509 g/mol. The third-order valence-electron chi connectivity index (χ3n) is 6.26. The minimum absolute atomic E-state index is 0.231. The SMILES string of the molecule is COC(=O)c1cc2c(cc(-c3ccc(OC4CCCC4)cc3Cl)n2-c2ccc(C(N)=O)c(N)c2)s1. The van der Waals surface area contributed by atoms with Crippen molar-refractivity contribution in [3.05, 3.63) is 64.0 Å². The zero-order valence-electron chi connectivity index (χ0n) is 19.0. The summed E-state index contributed by atoms with van der Waals surface area (Å²) in [6.45, 7) is 0. The van der Waals surface area contributed by atoms with E-state index in [4.69, 9.17) is 32.5 Å². The molecule has 1 saturated carbocycles. The molecule has 35 heavy (non-hydrogen) atoms. The Morgan fingerprint density at radius 3 is 2.51 bits per heavy atom. The van der Waals surface area contributed by atoms with Crippen molar-refractivity contribution in [2.75, 3.05) is 12.8 Å². The fourth-order valence-electron chi connectivity index (χ4n) is 4.56. The molecule has 1 fully saturated rings. The van der Waals surface area contributed by atoms with E-state index in [-0.39, 0.29) is 17.4 Å². The van der Waals surface area contributed by atoms with Gasteiger partial charge < -0.3 is 25.5 Å². The summed E-state index contributed by atoms with van der Waals surface area (Å²) in [6.07, 6.45) is 4.72. The maximum absolute atomic E-state index is 12.2. The van der Waals surface area contributed by atoms with Crippen molar-refractivity contribution >= 4 is 50.7 Å². The number of nitrogen functional groups attached to an aromatic ring is 1. The minimum atomic E-state index is -0.601. The number of benzene rings is 2. The lowest BCUT2D eigenvalue weighted by molar-refractivity contribution is 0.0606. The Bertz CT molecular complexity index is 1450.